The Morgan fingerprint density at radius 3 is 2.55 bits per heavy atom. The van der Waals surface area contributed by atoms with Crippen molar-refractivity contribution in [3.05, 3.63) is 23.9 Å². The summed E-state index contributed by atoms with van der Waals surface area (Å²) in [7, 11) is 4.06. The van der Waals surface area contributed by atoms with Gasteiger partial charge in [0.2, 0.25) is 0 Å². The van der Waals surface area contributed by atoms with Gasteiger partial charge in [-0.1, -0.05) is 6.07 Å². The van der Waals surface area contributed by atoms with Gasteiger partial charge in [0.1, 0.15) is 11.5 Å². The number of anilines is 1. The first-order chi connectivity index (χ1) is 10.6. The van der Waals surface area contributed by atoms with Crippen LogP contribution in [0, 0.1) is 0 Å². The number of carbonyl (C=O) groups excluding carboxylic acids is 1. The molecule has 5 heteroatoms. The van der Waals surface area contributed by atoms with Crippen molar-refractivity contribution in [2.75, 3.05) is 45.2 Å². The largest absolute Gasteiger partial charge is 0.357 e. The van der Waals surface area contributed by atoms with Crippen molar-refractivity contribution in [3.63, 3.8) is 0 Å². The second-order valence-electron chi connectivity index (χ2n) is 6.53. The Balaban J connectivity index is 1.69. The maximum atomic E-state index is 12.7. The highest BCUT2D eigenvalue weighted by Gasteiger charge is 2.26. The van der Waals surface area contributed by atoms with Gasteiger partial charge < -0.3 is 14.7 Å². The van der Waals surface area contributed by atoms with Gasteiger partial charge in [-0.15, -0.1) is 0 Å². The molecule has 3 heterocycles. The van der Waals surface area contributed by atoms with E-state index in [1.165, 1.54) is 12.8 Å². The molecule has 1 aromatic heterocycles. The average Bonchev–Trinajstić information content (AvgIpc) is 3.09. The summed E-state index contributed by atoms with van der Waals surface area (Å²) in [5.74, 6) is 0.996. The summed E-state index contributed by atoms with van der Waals surface area (Å²) in [6.07, 6.45) is 4.53. The fourth-order valence-electron chi connectivity index (χ4n) is 3.39. The summed E-state index contributed by atoms with van der Waals surface area (Å²) in [4.78, 5) is 23.8. The van der Waals surface area contributed by atoms with Crippen molar-refractivity contribution < 1.29 is 4.79 Å². The van der Waals surface area contributed by atoms with Gasteiger partial charge in [-0.3, -0.25) is 4.79 Å². The lowest BCUT2D eigenvalue weighted by Crippen LogP contribution is -2.44. The lowest BCUT2D eigenvalue weighted by atomic mass is 10.0. The molecule has 2 aliphatic heterocycles. The van der Waals surface area contributed by atoms with Crippen LogP contribution in [0.5, 0.6) is 0 Å². The van der Waals surface area contributed by atoms with Gasteiger partial charge in [-0.05, 0) is 58.0 Å². The van der Waals surface area contributed by atoms with Crippen LogP contribution < -0.4 is 4.90 Å². The zero-order chi connectivity index (χ0) is 15.5. The standard InChI is InChI=1S/C17H26N4O/c1-19-12-8-14(9-13-19)20(2)17(22)15-6-5-7-16(18-15)21-10-3-4-11-21/h5-7,14H,3-4,8-13H2,1-2H3. The summed E-state index contributed by atoms with van der Waals surface area (Å²) in [5.41, 5.74) is 0.575. The Hall–Kier alpha value is -1.62. The molecule has 0 atom stereocenters. The number of likely N-dealkylation sites (tertiary alicyclic amines) is 1. The summed E-state index contributed by atoms with van der Waals surface area (Å²) in [6, 6.07) is 6.14. The molecule has 0 aromatic carbocycles. The van der Waals surface area contributed by atoms with Crippen LogP contribution in [0.1, 0.15) is 36.2 Å². The molecule has 0 spiro atoms. The van der Waals surface area contributed by atoms with Gasteiger partial charge in [0.05, 0.1) is 0 Å². The van der Waals surface area contributed by atoms with Crippen molar-refractivity contribution in [1.82, 2.24) is 14.8 Å². The third kappa shape index (κ3) is 3.24. The van der Waals surface area contributed by atoms with Crippen LogP contribution in [0.4, 0.5) is 5.82 Å². The maximum Gasteiger partial charge on any atom is 0.272 e. The number of nitrogens with zero attached hydrogens (tertiary/aromatic N) is 4. The van der Waals surface area contributed by atoms with Crippen LogP contribution in [-0.2, 0) is 0 Å². The first-order valence-corrected chi connectivity index (χ1v) is 8.33. The molecule has 22 heavy (non-hydrogen) atoms. The van der Waals surface area contributed by atoms with Gasteiger partial charge >= 0.3 is 0 Å². The fourth-order valence-corrected chi connectivity index (χ4v) is 3.39. The third-order valence-electron chi connectivity index (χ3n) is 4.94. The number of hydrogen-bond acceptors (Lipinski definition) is 4. The quantitative estimate of drug-likeness (QED) is 0.854. The lowest BCUT2D eigenvalue weighted by molar-refractivity contribution is 0.0654. The molecular weight excluding hydrogens is 276 g/mol. The highest BCUT2D eigenvalue weighted by Crippen LogP contribution is 2.20. The van der Waals surface area contributed by atoms with Gasteiger partial charge in [0.15, 0.2) is 0 Å². The van der Waals surface area contributed by atoms with Crippen LogP contribution >= 0.6 is 0 Å². The molecule has 0 bridgehead atoms. The van der Waals surface area contributed by atoms with Crippen molar-refractivity contribution in [3.8, 4) is 0 Å². The van der Waals surface area contributed by atoms with Gasteiger partial charge in [-0.25, -0.2) is 4.98 Å². The summed E-state index contributed by atoms with van der Waals surface area (Å²) < 4.78 is 0. The topological polar surface area (TPSA) is 39.7 Å². The monoisotopic (exact) mass is 302 g/mol. The molecule has 0 saturated carbocycles. The Kier molecular flexibility index (Phi) is 4.62. The van der Waals surface area contributed by atoms with E-state index in [-0.39, 0.29) is 5.91 Å². The fraction of sp³-hybridized carbons (Fsp3) is 0.647. The third-order valence-corrected chi connectivity index (χ3v) is 4.94. The van der Waals surface area contributed by atoms with E-state index in [4.69, 9.17) is 0 Å². The Labute approximate surface area is 132 Å². The maximum absolute atomic E-state index is 12.7. The molecule has 1 aromatic rings. The van der Waals surface area contributed by atoms with E-state index in [1.807, 2.05) is 30.1 Å². The number of amides is 1. The van der Waals surface area contributed by atoms with E-state index in [9.17, 15) is 4.79 Å². The van der Waals surface area contributed by atoms with E-state index in [0.717, 1.165) is 44.8 Å². The van der Waals surface area contributed by atoms with E-state index >= 15 is 0 Å². The van der Waals surface area contributed by atoms with E-state index in [0.29, 0.717) is 11.7 Å². The normalized spacial score (nSPS) is 20.4. The number of carbonyl (C=O) groups is 1. The summed E-state index contributed by atoms with van der Waals surface area (Å²) in [5, 5.41) is 0. The van der Waals surface area contributed by atoms with Gasteiger partial charge in [0, 0.05) is 26.2 Å². The molecule has 5 nitrogen and oxygen atoms in total. The number of aromatic nitrogens is 1. The summed E-state index contributed by atoms with van der Waals surface area (Å²) >= 11 is 0. The average molecular weight is 302 g/mol. The van der Waals surface area contributed by atoms with Crippen molar-refractivity contribution in [2.24, 2.45) is 0 Å². The first-order valence-electron chi connectivity index (χ1n) is 8.33. The second-order valence-corrected chi connectivity index (χ2v) is 6.53. The Morgan fingerprint density at radius 2 is 1.86 bits per heavy atom. The van der Waals surface area contributed by atoms with Crippen LogP contribution in [-0.4, -0.2) is 67.0 Å². The first kappa shape index (κ1) is 15.3. The van der Waals surface area contributed by atoms with Crippen molar-refractivity contribution >= 4 is 11.7 Å². The molecule has 2 fully saturated rings. The highest BCUT2D eigenvalue weighted by molar-refractivity contribution is 5.92. The minimum Gasteiger partial charge on any atom is -0.357 e. The number of pyridine rings is 1. The molecule has 3 rings (SSSR count). The number of hydrogen-bond donors (Lipinski definition) is 0. The number of piperidine rings is 1. The Morgan fingerprint density at radius 1 is 1.18 bits per heavy atom. The molecule has 0 aliphatic carbocycles. The number of rotatable bonds is 3. The molecule has 0 N–H and O–H groups in total. The minimum atomic E-state index is 0.0515. The molecule has 1 amide bonds. The zero-order valence-electron chi connectivity index (χ0n) is 13.7. The van der Waals surface area contributed by atoms with Crippen LogP contribution in [0.2, 0.25) is 0 Å². The molecule has 120 valence electrons. The molecule has 0 unspecified atom stereocenters. The minimum absolute atomic E-state index is 0.0515. The van der Waals surface area contributed by atoms with Crippen LogP contribution in [0.25, 0.3) is 0 Å². The van der Waals surface area contributed by atoms with Crippen LogP contribution in [0.3, 0.4) is 0 Å². The smallest absolute Gasteiger partial charge is 0.272 e. The van der Waals surface area contributed by atoms with Gasteiger partial charge in [-0.2, -0.15) is 0 Å². The van der Waals surface area contributed by atoms with E-state index in [2.05, 4.69) is 21.8 Å². The molecular formula is C17H26N4O. The van der Waals surface area contributed by atoms with Crippen molar-refractivity contribution in [1.29, 1.82) is 0 Å². The highest BCUT2D eigenvalue weighted by atomic mass is 16.2. The lowest BCUT2D eigenvalue weighted by Gasteiger charge is -2.35. The Bertz CT molecular complexity index is 519. The molecule has 2 saturated heterocycles. The summed E-state index contributed by atoms with van der Waals surface area (Å²) in [6.45, 7) is 4.22. The predicted octanol–water partition coefficient (Wildman–Crippen LogP) is 1.85. The zero-order valence-corrected chi connectivity index (χ0v) is 13.7. The van der Waals surface area contributed by atoms with E-state index < -0.39 is 0 Å². The molecule has 0 radical (unpaired) electrons. The predicted molar refractivity (Wildman–Crippen MR) is 88.3 cm³/mol. The van der Waals surface area contributed by atoms with Crippen molar-refractivity contribution in [2.45, 2.75) is 31.7 Å². The molecule has 2 aliphatic rings. The van der Waals surface area contributed by atoms with E-state index in [1.54, 1.807) is 0 Å². The second kappa shape index (κ2) is 6.65. The van der Waals surface area contributed by atoms with Crippen LogP contribution in [0.15, 0.2) is 18.2 Å². The SMILES string of the molecule is CN1CCC(N(C)C(=O)c2cccc(N3CCCC3)n2)CC1. The van der Waals surface area contributed by atoms with Gasteiger partial charge in [0.25, 0.3) is 5.91 Å².